The molecule has 0 aliphatic carbocycles. The SMILES string of the molecule is C=CC(=O)O.CCCCCC(=O)OC=CC(=O)OCC(CC)CCCC. The number of carbonyl (C=O) groups is 3. The topological polar surface area (TPSA) is 89.9 Å². The first-order chi connectivity index (χ1) is 12.4. The molecule has 0 aliphatic heterocycles. The molecule has 0 aromatic heterocycles. The Hall–Kier alpha value is -2.11. The molecule has 0 fully saturated rings. The molecule has 0 bridgehead atoms. The summed E-state index contributed by atoms with van der Waals surface area (Å²) in [6.07, 6.45) is 10.8. The van der Waals surface area contributed by atoms with Crippen LogP contribution in [0.2, 0.25) is 0 Å². The van der Waals surface area contributed by atoms with Gasteiger partial charge in [-0.1, -0.05) is 59.5 Å². The quantitative estimate of drug-likeness (QED) is 0.220. The molecular weight excluding hydrogens is 336 g/mol. The van der Waals surface area contributed by atoms with E-state index >= 15 is 0 Å². The van der Waals surface area contributed by atoms with Gasteiger partial charge in [0.1, 0.15) is 6.26 Å². The molecule has 1 unspecified atom stereocenters. The Morgan fingerprint density at radius 2 is 1.69 bits per heavy atom. The van der Waals surface area contributed by atoms with Gasteiger partial charge in [-0.3, -0.25) is 4.79 Å². The highest BCUT2D eigenvalue weighted by Crippen LogP contribution is 2.12. The van der Waals surface area contributed by atoms with Gasteiger partial charge in [0.25, 0.3) is 0 Å². The van der Waals surface area contributed by atoms with E-state index in [9.17, 15) is 14.4 Å². The fourth-order valence-electron chi connectivity index (χ4n) is 1.89. The summed E-state index contributed by atoms with van der Waals surface area (Å²) in [5.41, 5.74) is 0. The first kappa shape index (κ1) is 26.1. The summed E-state index contributed by atoms with van der Waals surface area (Å²) >= 11 is 0. The van der Waals surface area contributed by atoms with Gasteiger partial charge < -0.3 is 14.6 Å². The fraction of sp³-hybridized carbons (Fsp3) is 0.650. The minimum atomic E-state index is -0.981. The van der Waals surface area contributed by atoms with Crippen molar-refractivity contribution >= 4 is 17.9 Å². The van der Waals surface area contributed by atoms with Gasteiger partial charge in [-0.05, 0) is 18.8 Å². The Kier molecular flexibility index (Phi) is 19.3. The minimum absolute atomic E-state index is 0.304. The number of rotatable bonds is 13. The van der Waals surface area contributed by atoms with Gasteiger partial charge >= 0.3 is 17.9 Å². The van der Waals surface area contributed by atoms with Crippen molar-refractivity contribution in [2.45, 2.75) is 72.1 Å². The van der Waals surface area contributed by atoms with Gasteiger partial charge in [0, 0.05) is 12.5 Å². The molecule has 1 N–H and O–H groups in total. The smallest absolute Gasteiger partial charge is 0.333 e. The number of carbonyl (C=O) groups excluding carboxylic acids is 2. The van der Waals surface area contributed by atoms with Crippen LogP contribution >= 0.6 is 0 Å². The zero-order chi connectivity index (χ0) is 20.2. The Bertz CT molecular complexity index is 428. The van der Waals surface area contributed by atoms with Crippen LogP contribution in [-0.4, -0.2) is 29.6 Å². The summed E-state index contributed by atoms with van der Waals surface area (Å²) in [7, 11) is 0. The van der Waals surface area contributed by atoms with E-state index in [-0.39, 0.29) is 5.97 Å². The molecule has 0 aliphatic rings. The summed E-state index contributed by atoms with van der Waals surface area (Å²) in [6.45, 7) is 9.72. The number of esters is 2. The molecule has 26 heavy (non-hydrogen) atoms. The van der Waals surface area contributed by atoms with Crippen LogP contribution in [0.4, 0.5) is 0 Å². The summed E-state index contributed by atoms with van der Waals surface area (Å²) in [6, 6.07) is 0. The molecule has 0 aromatic rings. The lowest BCUT2D eigenvalue weighted by atomic mass is 10.0. The molecular formula is C20H34O6. The van der Waals surface area contributed by atoms with Gasteiger partial charge in [0.05, 0.1) is 12.7 Å². The molecule has 150 valence electrons. The van der Waals surface area contributed by atoms with Crippen LogP contribution in [-0.2, 0) is 23.9 Å². The van der Waals surface area contributed by atoms with Crippen molar-refractivity contribution in [3.63, 3.8) is 0 Å². The van der Waals surface area contributed by atoms with E-state index in [0.717, 1.165) is 57.3 Å². The van der Waals surface area contributed by atoms with Gasteiger partial charge in [0.15, 0.2) is 0 Å². The third-order valence-electron chi connectivity index (χ3n) is 3.57. The lowest BCUT2D eigenvalue weighted by molar-refractivity contribution is -0.140. The van der Waals surface area contributed by atoms with Gasteiger partial charge in [-0.2, -0.15) is 0 Å². The van der Waals surface area contributed by atoms with E-state index in [4.69, 9.17) is 14.6 Å². The number of hydrogen-bond donors (Lipinski definition) is 1. The Balaban J connectivity index is 0. The van der Waals surface area contributed by atoms with Crippen LogP contribution in [0.3, 0.4) is 0 Å². The van der Waals surface area contributed by atoms with E-state index in [0.29, 0.717) is 18.9 Å². The van der Waals surface area contributed by atoms with Crippen molar-refractivity contribution in [3.8, 4) is 0 Å². The maximum Gasteiger partial charge on any atom is 0.333 e. The second kappa shape index (κ2) is 19.2. The largest absolute Gasteiger partial charge is 0.478 e. The molecule has 6 heteroatoms. The number of unbranched alkanes of at least 4 members (excludes halogenated alkanes) is 3. The summed E-state index contributed by atoms with van der Waals surface area (Å²) in [4.78, 5) is 32.0. The van der Waals surface area contributed by atoms with Crippen molar-refractivity contribution in [2.75, 3.05) is 6.61 Å². The fourth-order valence-corrected chi connectivity index (χ4v) is 1.89. The summed E-state index contributed by atoms with van der Waals surface area (Å²) in [5, 5.41) is 7.60. The molecule has 6 nitrogen and oxygen atoms in total. The van der Waals surface area contributed by atoms with Gasteiger partial charge in [0.2, 0.25) is 0 Å². The summed E-state index contributed by atoms with van der Waals surface area (Å²) < 4.78 is 9.99. The van der Waals surface area contributed by atoms with Crippen molar-refractivity contribution in [1.29, 1.82) is 0 Å². The molecule has 1 atom stereocenters. The average molecular weight is 370 g/mol. The number of hydrogen-bond acceptors (Lipinski definition) is 5. The predicted molar refractivity (Wildman–Crippen MR) is 101 cm³/mol. The normalized spacial score (nSPS) is 11.2. The number of ether oxygens (including phenoxy) is 2. The molecule has 0 amide bonds. The zero-order valence-electron chi connectivity index (χ0n) is 16.4. The molecule has 0 rings (SSSR count). The minimum Gasteiger partial charge on any atom is -0.478 e. The second-order valence-corrected chi connectivity index (χ2v) is 5.84. The third-order valence-corrected chi connectivity index (χ3v) is 3.57. The number of aliphatic carboxylic acids is 1. The van der Waals surface area contributed by atoms with E-state index in [1.165, 1.54) is 6.08 Å². The highest BCUT2D eigenvalue weighted by Gasteiger charge is 2.08. The van der Waals surface area contributed by atoms with Crippen LogP contribution < -0.4 is 0 Å². The second-order valence-electron chi connectivity index (χ2n) is 5.84. The Morgan fingerprint density at radius 1 is 1.08 bits per heavy atom. The summed E-state index contributed by atoms with van der Waals surface area (Å²) in [5.74, 6) is -1.32. The standard InChI is InChI=1S/C17H30O4.C3H4O2/c1-4-7-9-11-16(18)20-13-12-17(19)21-14-15(6-3)10-8-5-2;1-2-3(4)5/h12-13,15H,4-11,14H2,1-3H3;2H,1H2,(H,4,5). The number of carboxylic acids is 1. The van der Waals surface area contributed by atoms with Gasteiger partial charge in [-0.25, -0.2) is 9.59 Å². The Labute approximate surface area is 157 Å². The molecule has 0 saturated heterocycles. The van der Waals surface area contributed by atoms with Crippen LogP contribution in [0.5, 0.6) is 0 Å². The van der Waals surface area contributed by atoms with Crippen LogP contribution in [0, 0.1) is 5.92 Å². The zero-order valence-corrected chi connectivity index (χ0v) is 16.4. The maximum atomic E-state index is 11.5. The van der Waals surface area contributed by atoms with Crippen molar-refractivity contribution < 1.29 is 29.0 Å². The highest BCUT2D eigenvalue weighted by atomic mass is 16.5. The van der Waals surface area contributed by atoms with Crippen LogP contribution in [0.15, 0.2) is 25.0 Å². The molecule has 0 heterocycles. The molecule has 0 spiro atoms. The lowest BCUT2D eigenvalue weighted by Gasteiger charge is -2.13. The van der Waals surface area contributed by atoms with Gasteiger partial charge in [-0.15, -0.1) is 0 Å². The van der Waals surface area contributed by atoms with E-state index in [2.05, 4.69) is 27.4 Å². The van der Waals surface area contributed by atoms with E-state index < -0.39 is 11.9 Å². The highest BCUT2D eigenvalue weighted by molar-refractivity contribution is 5.82. The predicted octanol–water partition coefficient (Wildman–Crippen LogP) is 4.64. The first-order valence-corrected chi connectivity index (χ1v) is 9.29. The molecule has 0 aromatic carbocycles. The monoisotopic (exact) mass is 370 g/mol. The third kappa shape index (κ3) is 19.9. The molecule has 0 radical (unpaired) electrons. The van der Waals surface area contributed by atoms with Crippen molar-refractivity contribution in [3.05, 3.63) is 25.0 Å². The van der Waals surface area contributed by atoms with Crippen molar-refractivity contribution in [1.82, 2.24) is 0 Å². The number of carboxylic acid groups (broad SMARTS) is 1. The van der Waals surface area contributed by atoms with Crippen LogP contribution in [0.1, 0.15) is 72.1 Å². The molecule has 0 saturated carbocycles. The van der Waals surface area contributed by atoms with E-state index in [1.807, 2.05) is 0 Å². The maximum absolute atomic E-state index is 11.5. The first-order valence-electron chi connectivity index (χ1n) is 9.29. The lowest BCUT2D eigenvalue weighted by Crippen LogP contribution is -2.12. The van der Waals surface area contributed by atoms with Crippen molar-refractivity contribution in [2.24, 2.45) is 5.92 Å². The Morgan fingerprint density at radius 3 is 2.19 bits per heavy atom. The van der Waals surface area contributed by atoms with E-state index in [1.54, 1.807) is 0 Å². The average Bonchev–Trinajstić information content (AvgIpc) is 2.62. The van der Waals surface area contributed by atoms with Crippen LogP contribution in [0.25, 0.3) is 0 Å².